The molecule has 1 heterocycles. The molecular formula is C18H15FN4O3. The van der Waals surface area contributed by atoms with E-state index in [1.807, 2.05) is 0 Å². The van der Waals surface area contributed by atoms with Crippen molar-refractivity contribution in [2.75, 3.05) is 0 Å². The fourth-order valence-electron chi connectivity index (χ4n) is 2.64. The second-order valence-corrected chi connectivity index (χ2v) is 5.63. The fraction of sp³-hybridized carbons (Fsp3) is 0.111. The molecule has 0 spiro atoms. The average molecular weight is 354 g/mol. The summed E-state index contributed by atoms with van der Waals surface area (Å²) in [5, 5.41) is 13.9. The molecular weight excluding hydrogens is 339 g/mol. The predicted molar refractivity (Wildman–Crippen MR) is 92.0 cm³/mol. The Morgan fingerprint density at radius 1 is 1.23 bits per heavy atom. The number of halogens is 1. The first-order chi connectivity index (χ1) is 12.5. The zero-order valence-corrected chi connectivity index (χ0v) is 13.8. The van der Waals surface area contributed by atoms with Crippen LogP contribution in [0.5, 0.6) is 0 Å². The van der Waals surface area contributed by atoms with Crippen LogP contribution in [0.25, 0.3) is 0 Å². The quantitative estimate of drug-likeness (QED) is 0.563. The van der Waals surface area contributed by atoms with Crippen LogP contribution in [0.3, 0.4) is 0 Å². The van der Waals surface area contributed by atoms with Crippen LogP contribution >= 0.6 is 0 Å². The van der Waals surface area contributed by atoms with Crippen molar-refractivity contribution >= 4 is 11.6 Å². The standard InChI is InChI=1S/C18H15FN4O3/c1-22-11-10-20-17(22)16(12-6-8-13(19)9-7-12)21-18(24)14-4-2-3-5-15(14)23(25)26/h2-11,16H,1H3,(H,21,24). The first-order valence-electron chi connectivity index (χ1n) is 7.74. The monoisotopic (exact) mass is 354 g/mol. The fourth-order valence-corrected chi connectivity index (χ4v) is 2.64. The largest absolute Gasteiger partial charge is 0.338 e. The van der Waals surface area contributed by atoms with Gasteiger partial charge in [-0.2, -0.15) is 0 Å². The molecule has 1 unspecified atom stereocenters. The normalized spacial score (nSPS) is 11.8. The first-order valence-corrected chi connectivity index (χ1v) is 7.74. The van der Waals surface area contributed by atoms with E-state index in [2.05, 4.69) is 10.3 Å². The summed E-state index contributed by atoms with van der Waals surface area (Å²) in [5.41, 5.74) is 0.258. The van der Waals surface area contributed by atoms with Crippen LogP contribution in [0.2, 0.25) is 0 Å². The minimum atomic E-state index is -0.692. The van der Waals surface area contributed by atoms with Gasteiger partial charge in [-0.25, -0.2) is 9.37 Å². The van der Waals surface area contributed by atoms with Gasteiger partial charge in [0.05, 0.1) is 4.92 Å². The van der Waals surface area contributed by atoms with Crippen LogP contribution < -0.4 is 5.32 Å². The van der Waals surface area contributed by atoms with E-state index >= 15 is 0 Å². The number of hydrogen-bond acceptors (Lipinski definition) is 4. The smallest absolute Gasteiger partial charge is 0.282 e. The molecule has 0 radical (unpaired) electrons. The molecule has 3 rings (SSSR count). The SMILES string of the molecule is Cn1ccnc1C(NC(=O)c1ccccc1[N+](=O)[O-])c1ccc(F)cc1. The van der Waals surface area contributed by atoms with Gasteiger partial charge in [0, 0.05) is 25.5 Å². The number of carbonyl (C=O) groups is 1. The van der Waals surface area contributed by atoms with Crippen molar-refractivity contribution in [1.82, 2.24) is 14.9 Å². The number of benzene rings is 2. The topological polar surface area (TPSA) is 90.1 Å². The van der Waals surface area contributed by atoms with Gasteiger partial charge in [-0.3, -0.25) is 14.9 Å². The van der Waals surface area contributed by atoms with Crippen LogP contribution in [0.1, 0.15) is 27.8 Å². The summed E-state index contributed by atoms with van der Waals surface area (Å²) in [6.07, 6.45) is 3.28. The van der Waals surface area contributed by atoms with Gasteiger partial charge >= 0.3 is 0 Å². The lowest BCUT2D eigenvalue weighted by atomic mass is 10.0. The lowest BCUT2D eigenvalue weighted by molar-refractivity contribution is -0.385. The van der Waals surface area contributed by atoms with Crippen molar-refractivity contribution in [2.24, 2.45) is 7.05 Å². The number of nitrogens with one attached hydrogen (secondary N) is 1. The molecule has 2 aromatic carbocycles. The molecule has 1 N–H and O–H groups in total. The minimum absolute atomic E-state index is 0.0566. The Bertz CT molecular complexity index is 953. The van der Waals surface area contributed by atoms with Crippen molar-refractivity contribution in [1.29, 1.82) is 0 Å². The van der Waals surface area contributed by atoms with Crippen LogP contribution in [-0.4, -0.2) is 20.4 Å². The number of amides is 1. The van der Waals surface area contributed by atoms with Crippen molar-refractivity contribution < 1.29 is 14.1 Å². The molecule has 0 bridgehead atoms. The number of nitrogens with zero attached hydrogens (tertiary/aromatic N) is 3. The maximum atomic E-state index is 13.3. The summed E-state index contributed by atoms with van der Waals surface area (Å²) in [4.78, 5) is 27.5. The highest BCUT2D eigenvalue weighted by molar-refractivity contribution is 5.98. The molecule has 1 aromatic heterocycles. The molecule has 8 heteroatoms. The number of para-hydroxylation sites is 1. The Balaban J connectivity index is 1.99. The van der Waals surface area contributed by atoms with Crippen molar-refractivity contribution in [3.8, 4) is 0 Å². The van der Waals surface area contributed by atoms with Gasteiger partial charge < -0.3 is 9.88 Å². The number of aryl methyl sites for hydroxylation is 1. The summed E-state index contributed by atoms with van der Waals surface area (Å²) in [5.74, 6) is -0.504. The molecule has 0 aliphatic carbocycles. The third-order valence-corrected chi connectivity index (χ3v) is 3.94. The molecule has 0 saturated heterocycles. The van der Waals surface area contributed by atoms with Gasteiger partial charge in [0.25, 0.3) is 11.6 Å². The van der Waals surface area contributed by atoms with E-state index < -0.39 is 22.7 Å². The maximum Gasteiger partial charge on any atom is 0.282 e. The Hall–Kier alpha value is -3.55. The van der Waals surface area contributed by atoms with Gasteiger partial charge in [-0.15, -0.1) is 0 Å². The van der Waals surface area contributed by atoms with Gasteiger partial charge in [0.1, 0.15) is 23.2 Å². The van der Waals surface area contributed by atoms with Crippen molar-refractivity contribution in [2.45, 2.75) is 6.04 Å². The van der Waals surface area contributed by atoms with Gasteiger partial charge in [-0.1, -0.05) is 24.3 Å². The van der Waals surface area contributed by atoms with Gasteiger partial charge in [0.15, 0.2) is 0 Å². The molecule has 3 aromatic rings. The second kappa shape index (κ2) is 7.14. The van der Waals surface area contributed by atoms with Gasteiger partial charge in [0.2, 0.25) is 0 Å². The molecule has 0 saturated carbocycles. The molecule has 26 heavy (non-hydrogen) atoms. The van der Waals surface area contributed by atoms with Crippen LogP contribution in [-0.2, 0) is 7.05 Å². The van der Waals surface area contributed by atoms with Crippen LogP contribution in [0.4, 0.5) is 10.1 Å². The van der Waals surface area contributed by atoms with Crippen LogP contribution in [0, 0.1) is 15.9 Å². The summed E-state index contributed by atoms with van der Waals surface area (Å²) >= 11 is 0. The summed E-state index contributed by atoms with van der Waals surface area (Å²) in [7, 11) is 1.76. The number of nitro groups is 1. The van der Waals surface area contributed by atoms with E-state index in [0.29, 0.717) is 11.4 Å². The highest BCUT2D eigenvalue weighted by Crippen LogP contribution is 2.23. The van der Waals surface area contributed by atoms with Crippen molar-refractivity contribution in [3.63, 3.8) is 0 Å². The molecule has 0 aliphatic rings. The average Bonchev–Trinajstić information content (AvgIpc) is 3.06. The number of rotatable bonds is 5. The lowest BCUT2D eigenvalue weighted by Gasteiger charge is -2.19. The molecule has 1 atom stereocenters. The highest BCUT2D eigenvalue weighted by Gasteiger charge is 2.25. The maximum absolute atomic E-state index is 13.3. The minimum Gasteiger partial charge on any atom is -0.338 e. The number of imidazole rings is 1. The highest BCUT2D eigenvalue weighted by atomic mass is 19.1. The molecule has 0 fully saturated rings. The lowest BCUT2D eigenvalue weighted by Crippen LogP contribution is -2.31. The molecule has 0 aliphatic heterocycles. The Morgan fingerprint density at radius 3 is 2.54 bits per heavy atom. The third kappa shape index (κ3) is 3.44. The summed E-state index contributed by atoms with van der Waals surface area (Å²) in [6, 6.07) is 10.6. The molecule has 1 amide bonds. The van der Waals surface area contributed by atoms with E-state index in [-0.39, 0.29) is 11.3 Å². The number of hydrogen-bond donors (Lipinski definition) is 1. The van der Waals surface area contributed by atoms with Gasteiger partial charge in [-0.05, 0) is 23.8 Å². The molecule has 132 valence electrons. The Labute approximate surface area is 148 Å². The second-order valence-electron chi connectivity index (χ2n) is 5.63. The predicted octanol–water partition coefficient (Wildman–Crippen LogP) is 2.99. The van der Waals surface area contributed by atoms with E-state index in [4.69, 9.17) is 0 Å². The van der Waals surface area contributed by atoms with Crippen LogP contribution in [0.15, 0.2) is 60.9 Å². The van der Waals surface area contributed by atoms with E-state index in [1.54, 1.807) is 30.1 Å². The molecule has 7 nitrogen and oxygen atoms in total. The number of aromatic nitrogens is 2. The Kier molecular flexibility index (Phi) is 4.74. The zero-order chi connectivity index (χ0) is 18.7. The van der Waals surface area contributed by atoms with E-state index in [1.165, 1.54) is 42.5 Å². The van der Waals surface area contributed by atoms with E-state index in [0.717, 1.165) is 0 Å². The number of carbonyl (C=O) groups excluding carboxylic acids is 1. The van der Waals surface area contributed by atoms with E-state index in [9.17, 15) is 19.3 Å². The summed E-state index contributed by atoms with van der Waals surface area (Å²) in [6.45, 7) is 0. The summed E-state index contributed by atoms with van der Waals surface area (Å²) < 4.78 is 15.0. The Morgan fingerprint density at radius 2 is 1.92 bits per heavy atom. The third-order valence-electron chi connectivity index (χ3n) is 3.94. The zero-order valence-electron chi connectivity index (χ0n) is 13.8. The first kappa shape index (κ1) is 17.3. The van der Waals surface area contributed by atoms with Crippen molar-refractivity contribution in [3.05, 3.63) is 93.8 Å². The number of nitro benzene ring substituents is 1.